The molecule has 0 bridgehead atoms. The van der Waals surface area contributed by atoms with Crippen molar-refractivity contribution in [2.75, 3.05) is 5.32 Å². The number of benzene rings is 1. The summed E-state index contributed by atoms with van der Waals surface area (Å²) < 4.78 is 0. The van der Waals surface area contributed by atoms with Gasteiger partial charge in [-0.05, 0) is 29.8 Å². The number of anilines is 1. The Morgan fingerprint density at radius 2 is 1.86 bits per heavy atom. The SMILES string of the molecule is C1=CNC(=NCc2ccc(CNc3ncccn3)cc2)CC1. The van der Waals surface area contributed by atoms with E-state index < -0.39 is 0 Å². The third kappa shape index (κ3) is 4.15. The Labute approximate surface area is 130 Å². The molecule has 22 heavy (non-hydrogen) atoms. The first kappa shape index (κ1) is 14.3. The summed E-state index contributed by atoms with van der Waals surface area (Å²) in [4.78, 5) is 12.9. The van der Waals surface area contributed by atoms with Crippen LogP contribution in [0.25, 0.3) is 0 Å². The fourth-order valence-corrected chi connectivity index (χ4v) is 2.18. The lowest BCUT2D eigenvalue weighted by atomic mass is 10.1. The van der Waals surface area contributed by atoms with Gasteiger partial charge >= 0.3 is 0 Å². The molecule has 0 unspecified atom stereocenters. The van der Waals surface area contributed by atoms with Gasteiger partial charge in [-0.2, -0.15) is 0 Å². The molecule has 0 amide bonds. The van der Waals surface area contributed by atoms with E-state index in [1.54, 1.807) is 18.5 Å². The first-order chi connectivity index (χ1) is 10.9. The summed E-state index contributed by atoms with van der Waals surface area (Å²) in [5.74, 6) is 1.71. The zero-order valence-corrected chi connectivity index (χ0v) is 12.4. The number of hydrogen-bond donors (Lipinski definition) is 2. The zero-order chi connectivity index (χ0) is 15.0. The van der Waals surface area contributed by atoms with Gasteiger partial charge in [0.1, 0.15) is 5.84 Å². The van der Waals surface area contributed by atoms with Crippen LogP contribution in [0.1, 0.15) is 24.0 Å². The highest BCUT2D eigenvalue weighted by molar-refractivity contribution is 5.83. The number of amidine groups is 1. The largest absolute Gasteiger partial charge is 0.351 e. The van der Waals surface area contributed by atoms with E-state index >= 15 is 0 Å². The van der Waals surface area contributed by atoms with Crippen molar-refractivity contribution in [1.82, 2.24) is 15.3 Å². The van der Waals surface area contributed by atoms with Gasteiger partial charge in [-0.25, -0.2) is 9.97 Å². The van der Waals surface area contributed by atoms with Gasteiger partial charge in [-0.15, -0.1) is 0 Å². The molecule has 1 aromatic carbocycles. The fraction of sp³-hybridized carbons (Fsp3) is 0.235. The molecule has 1 aliphatic heterocycles. The fourth-order valence-electron chi connectivity index (χ4n) is 2.18. The second kappa shape index (κ2) is 7.36. The topological polar surface area (TPSA) is 62.2 Å². The summed E-state index contributed by atoms with van der Waals surface area (Å²) in [5, 5.41) is 6.38. The average molecular weight is 293 g/mol. The van der Waals surface area contributed by atoms with Crippen LogP contribution in [-0.4, -0.2) is 15.8 Å². The Balaban J connectivity index is 1.53. The second-order valence-corrected chi connectivity index (χ2v) is 5.09. The van der Waals surface area contributed by atoms with Crippen LogP contribution in [0.5, 0.6) is 0 Å². The van der Waals surface area contributed by atoms with Gasteiger partial charge in [-0.3, -0.25) is 4.99 Å². The molecule has 5 nitrogen and oxygen atoms in total. The van der Waals surface area contributed by atoms with Crippen LogP contribution in [0, 0.1) is 0 Å². The van der Waals surface area contributed by atoms with Gasteiger partial charge in [0.15, 0.2) is 0 Å². The predicted octanol–water partition coefficient (Wildman–Crippen LogP) is 2.88. The Hall–Kier alpha value is -2.69. The monoisotopic (exact) mass is 293 g/mol. The molecule has 0 spiro atoms. The Kier molecular flexibility index (Phi) is 4.77. The van der Waals surface area contributed by atoms with Gasteiger partial charge in [0.05, 0.1) is 6.54 Å². The van der Waals surface area contributed by atoms with Crippen molar-refractivity contribution in [3.05, 3.63) is 66.1 Å². The number of nitrogens with one attached hydrogen (secondary N) is 2. The van der Waals surface area contributed by atoms with Crippen LogP contribution >= 0.6 is 0 Å². The number of aliphatic imine (C=N–C) groups is 1. The maximum absolute atomic E-state index is 4.60. The normalized spacial score (nSPS) is 15.5. The third-order valence-corrected chi connectivity index (χ3v) is 3.41. The molecule has 5 heteroatoms. The molecule has 0 fully saturated rings. The Bertz CT molecular complexity index is 647. The minimum Gasteiger partial charge on any atom is -0.351 e. The third-order valence-electron chi connectivity index (χ3n) is 3.41. The van der Waals surface area contributed by atoms with Crippen LogP contribution in [0.15, 0.2) is 60.0 Å². The molecule has 1 aliphatic rings. The van der Waals surface area contributed by atoms with E-state index in [-0.39, 0.29) is 0 Å². The lowest BCUT2D eigenvalue weighted by Crippen LogP contribution is -2.20. The first-order valence-corrected chi connectivity index (χ1v) is 7.44. The molecular weight excluding hydrogens is 274 g/mol. The van der Waals surface area contributed by atoms with Crippen molar-refractivity contribution in [2.45, 2.75) is 25.9 Å². The van der Waals surface area contributed by atoms with Crippen molar-refractivity contribution in [1.29, 1.82) is 0 Å². The van der Waals surface area contributed by atoms with Crippen molar-refractivity contribution in [3.63, 3.8) is 0 Å². The molecule has 2 N–H and O–H groups in total. The van der Waals surface area contributed by atoms with E-state index in [4.69, 9.17) is 0 Å². The molecule has 2 heterocycles. The van der Waals surface area contributed by atoms with Crippen molar-refractivity contribution in [2.24, 2.45) is 4.99 Å². The molecule has 0 atom stereocenters. The highest BCUT2D eigenvalue weighted by Crippen LogP contribution is 2.08. The molecule has 0 saturated heterocycles. The smallest absolute Gasteiger partial charge is 0.222 e. The van der Waals surface area contributed by atoms with Gasteiger partial charge < -0.3 is 10.6 Å². The van der Waals surface area contributed by atoms with Crippen LogP contribution in [0.3, 0.4) is 0 Å². The van der Waals surface area contributed by atoms with E-state index in [2.05, 4.69) is 55.9 Å². The number of nitrogens with zero attached hydrogens (tertiary/aromatic N) is 3. The number of allylic oxidation sites excluding steroid dienone is 1. The summed E-state index contributed by atoms with van der Waals surface area (Å²) in [6.07, 6.45) is 9.60. The first-order valence-electron chi connectivity index (χ1n) is 7.44. The van der Waals surface area contributed by atoms with Crippen LogP contribution in [0.4, 0.5) is 5.95 Å². The highest BCUT2D eigenvalue weighted by atomic mass is 15.1. The van der Waals surface area contributed by atoms with E-state index in [0.717, 1.165) is 18.7 Å². The van der Waals surface area contributed by atoms with Gasteiger partial charge in [0, 0.05) is 25.4 Å². The quantitative estimate of drug-likeness (QED) is 0.890. The maximum Gasteiger partial charge on any atom is 0.222 e. The molecular formula is C17H19N5. The average Bonchev–Trinajstić information content (AvgIpc) is 2.61. The minimum absolute atomic E-state index is 0.648. The Morgan fingerprint density at radius 3 is 2.59 bits per heavy atom. The van der Waals surface area contributed by atoms with Gasteiger partial charge in [0.25, 0.3) is 0 Å². The van der Waals surface area contributed by atoms with Gasteiger partial charge in [0.2, 0.25) is 5.95 Å². The summed E-state index contributed by atoms with van der Waals surface area (Å²) in [6.45, 7) is 1.43. The molecule has 0 aliphatic carbocycles. The van der Waals surface area contributed by atoms with Crippen molar-refractivity contribution < 1.29 is 0 Å². The molecule has 2 aromatic rings. The minimum atomic E-state index is 0.648. The van der Waals surface area contributed by atoms with E-state index in [1.807, 2.05) is 6.20 Å². The van der Waals surface area contributed by atoms with E-state index in [0.29, 0.717) is 19.0 Å². The van der Waals surface area contributed by atoms with Crippen molar-refractivity contribution >= 4 is 11.8 Å². The summed E-state index contributed by atoms with van der Waals surface area (Å²) >= 11 is 0. The summed E-state index contributed by atoms with van der Waals surface area (Å²) in [6, 6.07) is 10.3. The number of aromatic nitrogens is 2. The van der Waals surface area contributed by atoms with Crippen LogP contribution < -0.4 is 10.6 Å². The maximum atomic E-state index is 4.60. The highest BCUT2D eigenvalue weighted by Gasteiger charge is 2.01. The zero-order valence-electron chi connectivity index (χ0n) is 12.4. The lowest BCUT2D eigenvalue weighted by molar-refractivity contribution is 0.938. The number of hydrogen-bond acceptors (Lipinski definition) is 4. The standard InChI is InChI=1S/C17H19N5/c1-2-9-18-16(4-1)21-12-14-5-7-15(8-6-14)13-22-17-19-10-3-11-20-17/h2-3,5-11H,1,4,12-13H2,(H,18,21)(H,19,20,22). The van der Waals surface area contributed by atoms with Crippen LogP contribution in [-0.2, 0) is 13.1 Å². The summed E-state index contributed by atoms with van der Waals surface area (Å²) in [7, 11) is 0. The predicted molar refractivity (Wildman–Crippen MR) is 88.4 cm³/mol. The lowest BCUT2D eigenvalue weighted by Gasteiger charge is -2.09. The van der Waals surface area contributed by atoms with E-state index in [9.17, 15) is 0 Å². The Morgan fingerprint density at radius 1 is 1.09 bits per heavy atom. The molecule has 1 aromatic heterocycles. The second-order valence-electron chi connectivity index (χ2n) is 5.09. The molecule has 112 valence electrons. The molecule has 3 rings (SSSR count). The summed E-state index contributed by atoms with van der Waals surface area (Å²) in [5.41, 5.74) is 2.41. The van der Waals surface area contributed by atoms with E-state index in [1.165, 1.54) is 11.1 Å². The molecule has 0 saturated carbocycles. The number of rotatable bonds is 5. The van der Waals surface area contributed by atoms with Crippen molar-refractivity contribution in [3.8, 4) is 0 Å². The van der Waals surface area contributed by atoms with Crippen LogP contribution in [0.2, 0.25) is 0 Å². The van der Waals surface area contributed by atoms with Gasteiger partial charge in [-0.1, -0.05) is 30.3 Å². The molecule has 0 radical (unpaired) electrons.